The number of amides is 2. The fourth-order valence-electron chi connectivity index (χ4n) is 0.921. The van der Waals surface area contributed by atoms with Gasteiger partial charge in [0.1, 0.15) is 11.5 Å². The molecular formula is C8H11KN2O6S2. The second-order valence-corrected chi connectivity index (χ2v) is 4.96. The van der Waals surface area contributed by atoms with Crippen LogP contribution in [0.15, 0.2) is 23.7 Å². The molecular weight excluding hydrogens is 323 g/mol. The molecule has 0 bridgehead atoms. The van der Waals surface area contributed by atoms with Crippen LogP contribution in [0, 0.1) is 0 Å². The molecule has 2 amide bonds. The molecule has 0 unspecified atom stereocenters. The number of nitrogens with one attached hydrogen (secondary N) is 2. The molecule has 8 nitrogen and oxygen atoms in total. The van der Waals surface area contributed by atoms with Gasteiger partial charge in [0.05, 0.1) is 0 Å². The Morgan fingerprint density at radius 3 is 2.05 bits per heavy atom. The Hall–Kier alpha value is -0.0436. The monoisotopic (exact) mass is 334 g/mol. The molecule has 0 aliphatic carbocycles. The first-order chi connectivity index (χ1) is 8.28. The van der Waals surface area contributed by atoms with Gasteiger partial charge in [-0.1, -0.05) is 0 Å². The quantitative estimate of drug-likeness (QED) is 0.340. The first-order valence-electron chi connectivity index (χ1n) is 4.55. The summed E-state index contributed by atoms with van der Waals surface area (Å²) >= 11 is 0.943. The van der Waals surface area contributed by atoms with Crippen LogP contribution in [0.4, 0.5) is 0 Å². The van der Waals surface area contributed by atoms with Gasteiger partial charge in [-0.3, -0.25) is 14.3 Å². The second kappa shape index (κ2) is 8.29. The third kappa shape index (κ3) is 7.97. The fourth-order valence-corrected chi connectivity index (χ4v) is 2.02. The standard InChI is InChI=1S/C4H5NO4S.C4H5NO2S.K.H/c1-3-2-4(6)5-10(7,8)9-3;1-3-2-4(6)5-8-7-3;;/h2H,1H3,(H,5,6);2H,1H3,(H,5,6);;. The summed E-state index contributed by atoms with van der Waals surface area (Å²) in [5.74, 6) is -0.0787. The van der Waals surface area contributed by atoms with E-state index in [2.05, 4.69) is 8.91 Å². The molecule has 0 fully saturated rings. The van der Waals surface area contributed by atoms with Gasteiger partial charge >= 0.3 is 61.7 Å². The Morgan fingerprint density at radius 2 is 1.68 bits per heavy atom. The minimum absolute atomic E-state index is 0. The van der Waals surface area contributed by atoms with Gasteiger partial charge in [-0.15, -0.1) is 0 Å². The van der Waals surface area contributed by atoms with Crippen LogP contribution in [0.1, 0.15) is 13.8 Å². The van der Waals surface area contributed by atoms with E-state index in [1.54, 1.807) is 11.6 Å². The van der Waals surface area contributed by atoms with Crippen molar-refractivity contribution in [3.8, 4) is 0 Å². The summed E-state index contributed by atoms with van der Waals surface area (Å²) in [5, 5.41) is 0. The van der Waals surface area contributed by atoms with Crippen molar-refractivity contribution in [2.24, 2.45) is 0 Å². The molecule has 11 heteroatoms. The predicted molar refractivity (Wildman–Crippen MR) is 69.6 cm³/mol. The van der Waals surface area contributed by atoms with Crippen molar-refractivity contribution in [1.82, 2.24) is 9.44 Å². The Balaban J connectivity index is 0.000000331. The molecule has 2 N–H and O–H groups in total. The zero-order valence-electron chi connectivity index (χ0n) is 9.42. The van der Waals surface area contributed by atoms with Crippen molar-refractivity contribution >= 4 is 85.7 Å². The van der Waals surface area contributed by atoms with Gasteiger partial charge in [0.15, 0.2) is 12.2 Å². The van der Waals surface area contributed by atoms with E-state index in [1.165, 1.54) is 13.0 Å². The van der Waals surface area contributed by atoms with Crippen LogP contribution in [-0.2, 0) is 28.3 Å². The maximum absolute atomic E-state index is 10.5. The second-order valence-electron chi connectivity index (χ2n) is 3.15. The molecule has 0 atom stereocenters. The van der Waals surface area contributed by atoms with Gasteiger partial charge < -0.3 is 8.37 Å². The van der Waals surface area contributed by atoms with E-state index < -0.39 is 16.2 Å². The van der Waals surface area contributed by atoms with Crippen molar-refractivity contribution in [3.63, 3.8) is 0 Å². The van der Waals surface area contributed by atoms with Crippen LogP contribution in [0.5, 0.6) is 0 Å². The summed E-state index contributed by atoms with van der Waals surface area (Å²) < 4.78 is 34.0. The fraction of sp³-hybridized carbons (Fsp3) is 0.250. The van der Waals surface area contributed by atoms with E-state index in [4.69, 9.17) is 4.18 Å². The Morgan fingerprint density at radius 1 is 1.11 bits per heavy atom. The molecule has 0 aromatic carbocycles. The van der Waals surface area contributed by atoms with Gasteiger partial charge in [0, 0.05) is 12.2 Å². The molecule has 2 aliphatic rings. The van der Waals surface area contributed by atoms with E-state index in [0.29, 0.717) is 5.76 Å². The van der Waals surface area contributed by atoms with Crippen LogP contribution in [0.2, 0.25) is 0 Å². The van der Waals surface area contributed by atoms with Crippen LogP contribution < -0.4 is 9.44 Å². The molecule has 0 aromatic heterocycles. The van der Waals surface area contributed by atoms with Gasteiger partial charge in [0.25, 0.3) is 11.8 Å². The first kappa shape index (κ1) is 19.0. The average Bonchev–Trinajstić information content (AvgIpc) is 2.13. The van der Waals surface area contributed by atoms with Crippen LogP contribution >= 0.6 is 12.2 Å². The van der Waals surface area contributed by atoms with E-state index >= 15 is 0 Å². The summed E-state index contributed by atoms with van der Waals surface area (Å²) in [7, 11) is -3.85. The van der Waals surface area contributed by atoms with Crippen LogP contribution in [-0.4, -0.2) is 71.6 Å². The number of carbonyl (C=O) groups excluding carboxylic acids is 2. The predicted octanol–water partition coefficient (Wildman–Crippen LogP) is -0.767. The van der Waals surface area contributed by atoms with E-state index in [1.807, 2.05) is 0 Å². The normalized spacial score (nSPS) is 19.7. The molecule has 0 spiro atoms. The van der Waals surface area contributed by atoms with Crippen molar-refractivity contribution in [2.45, 2.75) is 13.8 Å². The molecule has 2 heterocycles. The number of rotatable bonds is 0. The van der Waals surface area contributed by atoms with Gasteiger partial charge in [-0.2, -0.15) is 8.42 Å². The summed E-state index contributed by atoms with van der Waals surface area (Å²) in [6.45, 7) is 3.11. The van der Waals surface area contributed by atoms with Gasteiger partial charge in [-0.05, 0) is 13.8 Å². The maximum atomic E-state index is 10.5. The summed E-state index contributed by atoms with van der Waals surface area (Å²) in [5.41, 5.74) is 0. The number of hydrogen-bond donors (Lipinski definition) is 2. The van der Waals surface area contributed by atoms with Gasteiger partial charge in [-0.25, -0.2) is 4.72 Å². The summed E-state index contributed by atoms with van der Waals surface area (Å²) in [4.78, 5) is 20.8. The van der Waals surface area contributed by atoms with Gasteiger partial charge in [0.2, 0.25) is 0 Å². The molecule has 19 heavy (non-hydrogen) atoms. The van der Waals surface area contributed by atoms with Crippen molar-refractivity contribution in [1.29, 1.82) is 0 Å². The Labute approximate surface area is 157 Å². The molecule has 2 rings (SSSR count). The third-order valence-electron chi connectivity index (χ3n) is 1.45. The number of hydrogen-bond acceptors (Lipinski definition) is 7. The SMILES string of the molecule is CC1=CC(=O)NS(=O)(=O)O1.CC1=CC(=O)NSO1.[KH]. The number of carbonyl (C=O) groups is 2. The average molecular weight is 334 g/mol. The van der Waals surface area contributed by atoms with E-state index in [9.17, 15) is 18.0 Å². The Bertz CT molecular complexity index is 527. The van der Waals surface area contributed by atoms with Crippen LogP contribution in [0.25, 0.3) is 0 Å². The molecule has 102 valence electrons. The first-order valence-corrected chi connectivity index (χ1v) is 6.70. The van der Waals surface area contributed by atoms with E-state index in [-0.39, 0.29) is 63.1 Å². The minimum atomic E-state index is -3.85. The Kier molecular flexibility index (Phi) is 8.27. The zero-order valence-corrected chi connectivity index (χ0v) is 11.1. The van der Waals surface area contributed by atoms with Crippen molar-refractivity contribution < 1.29 is 26.4 Å². The van der Waals surface area contributed by atoms with Crippen LogP contribution in [0.3, 0.4) is 0 Å². The third-order valence-corrected chi connectivity index (χ3v) is 3.02. The molecule has 0 saturated heterocycles. The number of allylic oxidation sites excluding steroid dienone is 2. The van der Waals surface area contributed by atoms with Crippen molar-refractivity contribution in [3.05, 3.63) is 23.7 Å². The molecule has 0 radical (unpaired) electrons. The molecule has 2 aliphatic heterocycles. The summed E-state index contributed by atoms with van der Waals surface area (Å²) in [6, 6.07) is 0. The summed E-state index contributed by atoms with van der Waals surface area (Å²) in [6.07, 6.45) is 2.46. The topological polar surface area (TPSA) is 111 Å². The zero-order chi connectivity index (χ0) is 13.8. The molecule has 0 saturated carbocycles. The molecule has 0 aromatic rings. The van der Waals surface area contributed by atoms with Crippen molar-refractivity contribution in [2.75, 3.05) is 0 Å². The van der Waals surface area contributed by atoms with E-state index in [0.717, 1.165) is 18.3 Å².